The Bertz CT molecular complexity index is 564. The highest BCUT2D eigenvalue weighted by molar-refractivity contribution is 6.31. The largest absolute Gasteiger partial charge is 0.418 e. The normalized spacial score (nSPS) is 11.1. The minimum absolute atomic E-state index is 0.0993. The Hall–Kier alpha value is -2.03. The predicted octanol–water partition coefficient (Wildman–Crippen LogP) is 2.82. The van der Waals surface area contributed by atoms with Crippen molar-refractivity contribution in [3.8, 4) is 0 Å². The fraction of sp³-hybridized carbons (Fsp3) is 0.364. The number of hydrogen-bond donors (Lipinski definition) is 2. The highest BCUT2D eigenvalue weighted by Crippen LogP contribution is 2.40. The molecule has 116 valence electrons. The van der Waals surface area contributed by atoms with E-state index >= 15 is 0 Å². The number of nitrogens with zero attached hydrogens (tertiary/aromatic N) is 1. The molecule has 0 bridgehead atoms. The zero-order valence-corrected chi connectivity index (χ0v) is 11.5. The number of nitrogens with one attached hydrogen (secondary N) is 2. The van der Waals surface area contributed by atoms with Crippen LogP contribution in [0.1, 0.15) is 12.5 Å². The molecule has 1 aromatic rings. The number of halogens is 4. The van der Waals surface area contributed by atoms with Crippen molar-refractivity contribution in [1.29, 1.82) is 0 Å². The third kappa shape index (κ3) is 4.78. The van der Waals surface area contributed by atoms with Gasteiger partial charge in [0.15, 0.2) is 0 Å². The van der Waals surface area contributed by atoms with Crippen molar-refractivity contribution in [3.05, 3.63) is 32.8 Å². The smallest absolute Gasteiger partial charge is 0.378 e. The second-order valence-corrected chi connectivity index (χ2v) is 4.42. The maximum Gasteiger partial charge on any atom is 0.418 e. The number of nitro groups is 1. The minimum atomic E-state index is -4.78. The maximum absolute atomic E-state index is 12.6. The molecule has 6 nitrogen and oxygen atoms in total. The number of nitro benzene ring substituents is 1. The molecule has 0 saturated carbocycles. The number of carbonyl (C=O) groups is 1. The van der Waals surface area contributed by atoms with E-state index in [9.17, 15) is 28.1 Å². The summed E-state index contributed by atoms with van der Waals surface area (Å²) in [5.74, 6) is -0.295. The molecule has 0 atom stereocenters. The van der Waals surface area contributed by atoms with E-state index in [1.54, 1.807) is 0 Å². The first-order valence-electron chi connectivity index (χ1n) is 5.66. The van der Waals surface area contributed by atoms with Gasteiger partial charge in [0.25, 0.3) is 5.69 Å². The van der Waals surface area contributed by atoms with Crippen molar-refractivity contribution in [1.82, 2.24) is 5.32 Å². The van der Waals surface area contributed by atoms with Crippen LogP contribution in [0.3, 0.4) is 0 Å². The summed E-state index contributed by atoms with van der Waals surface area (Å²) >= 11 is 5.50. The number of alkyl halides is 3. The molecule has 1 amide bonds. The fourth-order valence-electron chi connectivity index (χ4n) is 1.51. The first-order chi connectivity index (χ1) is 9.62. The predicted molar refractivity (Wildman–Crippen MR) is 70.3 cm³/mol. The van der Waals surface area contributed by atoms with Crippen molar-refractivity contribution >= 4 is 28.9 Å². The van der Waals surface area contributed by atoms with Gasteiger partial charge in [0.05, 0.1) is 15.5 Å². The summed E-state index contributed by atoms with van der Waals surface area (Å²) in [6.07, 6.45) is -4.78. The standard InChI is InChI=1S/C11H11ClF3N3O3/c1-6(19)16-2-3-17-9-5-8(12)7(11(13,14)15)4-10(9)18(20)21/h4-5,17H,2-3H2,1H3,(H,16,19). The zero-order valence-electron chi connectivity index (χ0n) is 10.8. The lowest BCUT2D eigenvalue weighted by Crippen LogP contribution is -2.26. The van der Waals surface area contributed by atoms with Crippen molar-refractivity contribution in [2.45, 2.75) is 13.1 Å². The van der Waals surface area contributed by atoms with Crippen LogP contribution < -0.4 is 10.6 Å². The monoisotopic (exact) mass is 325 g/mol. The van der Waals surface area contributed by atoms with Crippen LogP contribution in [0.25, 0.3) is 0 Å². The number of amides is 1. The molecule has 1 aromatic carbocycles. The third-order valence-electron chi connectivity index (χ3n) is 2.40. The number of rotatable bonds is 5. The molecule has 0 aliphatic heterocycles. The Morgan fingerprint density at radius 3 is 2.48 bits per heavy atom. The molecule has 21 heavy (non-hydrogen) atoms. The Balaban J connectivity index is 3.01. The van der Waals surface area contributed by atoms with E-state index in [4.69, 9.17) is 11.6 Å². The summed E-state index contributed by atoms with van der Waals surface area (Å²) in [6.45, 7) is 1.55. The summed E-state index contributed by atoms with van der Waals surface area (Å²) < 4.78 is 37.9. The van der Waals surface area contributed by atoms with E-state index in [-0.39, 0.29) is 24.7 Å². The van der Waals surface area contributed by atoms with Gasteiger partial charge in [-0.2, -0.15) is 13.2 Å². The average molecular weight is 326 g/mol. The van der Waals surface area contributed by atoms with Gasteiger partial charge in [-0.3, -0.25) is 14.9 Å². The Kier molecular flexibility index (Phi) is 5.36. The molecule has 0 spiro atoms. The summed E-state index contributed by atoms with van der Waals surface area (Å²) in [5, 5.41) is 15.2. The van der Waals surface area contributed by atoms with Gasteiger partial charge in [0.2, 0.25) is 5.91 Å². The molecular formula is C11H11ClF3N3O3. The van der Waals surface area contributed by atoms with Crippen LogP contribution in [-0.2, 0) is 11.0 Å². The molecule has 0 fully saturated rings. The van der Waals surface area contributed by atoms with Gasteiger partial charge in [-0.1, -0.05) is 11.6 Å². The lowest BCUT2D eigenvalue weighted by atomic mass is 10.1. The fourth-order valence-corrected chi connectivity index (χ4v) is 1.78. The van der Waals surface area contributed by atoms with Crippen LogP contribution >= 0.6 is 11.6 Å². The van der Waals surface area contributed by atoms with Gasteiger partial charge in [-0.25, -0.2) is 0 Å². The number of carbonyl (C=O) groups excluding carboxylic acids is 1. The Morgan fingerprint density at radius 1 is 1.38 bits per heavy atom. The second-order valence-electron chi connectivity index (χ2n) is 4.01. The summed E-state index contributed by atoms with van der Waals surface area (Å²) in [6, 6.07) is 1.22. The van der Waals surface area contributed by atoms with Gasteiger partial charge in [-0.15, -0.1) is 0 Å². The molecule has 0 aliphatic rings. The maximum atomic E-state index is 12.6. The molecule has 0 aromatic heterocycles. The van der Waals surface area contributed by atoms with Crippen LogP contribution in [0, 0.1) is 10.1 Å². The number of anilines is 1. The van der Waals surface area contributed by atoms with Crippen LogP contribution in [0.2, 0.25) is 5.02 Å². The first-order valence-corrected chi connectivity index (χ1v) is 6.04. The first kappa shape index (κ1) is 17.0. The second kappa shape index (κ2) is 6.61. The van der Waals surface area contributed by atoms with E-state index in [0.717, 1.165) is 6.07 Å². The van der Waals surface area contributed by atoms with Crippen molar-refractivity contribution in [2.24, 2.45) is 0 Å². The van der Waals surface area contributed by atoms with E-state index in [2.05, 4.69) is 10.6 Å². The van der Waals surface area contributed by atoms with Crippen LogP contribution in [-0.4, -0.2) is 23.9 Å². The van der Waals surface area contributed by atoms with E-state index < -0.39 is 27.4 Å². The Morgan fingerprint density at radius 2 is 2.00 bits per heavy atom. The topological polar surface area (TPSA) is 84.3 Å². The SMILES string of the molecule is CC(=O)NCCNc1cc(Cl)c(C(F)(F)F)cc1[N+](=O)[O-]. The van der Waals surface area contributed by atoms with Crippen molar-refractivity contribution in [3.63, 3.8) is 0 Å². The molecule has 0 unspecified atom stereocenters. The molecule has 0 radical (unpaired) electrons. The zero-order chi connectivity index (χ0) is 16.2. The molecular weight excluding hydrogens is 315 g/mol. The average Bonchev–Trinajstić information content (AvgIpc) is 2.32. The summed E-state index contributed by atoms with van der Waals surface area (Å²) in [5.41, 5.74) is -2.17. The van der Waals surface area contributed by atoms with E-state index in [1.165, 1.54) is 6.92 Å². The van der Waals surface area contributed by atoms with Crippen LogP contribution in [0.15, 0.2) is 12.1 Å². The quantitative estimate of drug-likeness (QED) is 0.495. The lowest BCUT2D eigenvalue weighted by molar-refractivity contribution is -0.384. The summed E-state index contributed by atoms with van der Waals surface area (Å²) in [4.78, 5) is 20.5. The molecule has 0 heterocycles. The molecule has 1 rings (SSSR count). The number of hydrogen-bond acceptors (Lipinski definition) is 4. The highest BCUT2D eigenvalue weighted by atomic mass is 35.5. The van der Waals surface area contributed by atoms with E-state index in [0.29, 0.717) is 6.07 Å². The van der Waals surface area contributed by atoms with Crippen LogP contribution in [0.4, 0.5) is 24.5 Å². The lowest BCUT2D eigenvalue weighted by Gasteiger charge is -2.12. The molecule has 0 aliphatic carbocycles. The van der Waals surface area contributed by atoms with Gasteiger partial charge in [-0.05, 0) is 6.07 Å². The van der Waals surface area contributed by atoms with Crippen LogP contribution in [0.5, 0.6) is 0 Å². The Labute approximate surface area is 122 Å². The van der Waals surface area contributed by atoms with Gasteiger partial charge >= 0.3 is 6.18 Å². The van der Waals surface area contributed by atoms with E-state index in [1.807, 2.05) is 0 Å². The molecule has 0 saturated heterocycles. The molecule has 2 N–H and O–H groups in total. The van der Waals surface area contributed by atoms with Gasteiger partial charge < -0.3 is 10.6 Å². The van der Waals surface area contributed by atoms with Crippen molar-refractivity contribution in [2.75, 3.05) is 18.4 Å². The third-order valence-corrected chi connectivity index (χ3v) is 2.71. The minimum Gasteiger partial charge on any atom is -0.378 e. The van der Waals surface area contributed by atoms with Crippen molar-refractivity contribution < 1.29 is 22.9 Å². The van der Waals surface area contributed by atoms with Gasteiger partial charge in [0.1, 0.15) is 5.69 Å². The summed E-state index contributed by atoms with van der Waals surface area (Å²) in [7, 11) is 0. The highest BCUT2D eigenvalue weighted by Gasteiger charge is 2.36. The number of benzene rings is 1. The molecule has 10 heteroatoms. The van der Waals surface area contributed by atoms with Gasteiger partial charge in [0, 0.05) is 26.1 Å².